The molecule has 0 unspecified atom stereocenters. The Bertz CT molecular complexity index is 41.9. The molecule has 0 aliphatic carbocycles. The SMILES string of the molecule is CN(I)CCOI. The van der Waals surface area contributed by atoms with Crippen molar-refractivity contribution >= 4 is 45.9 Å². The van der Waals surface area contributed by atoms with E-state index in [1.54, 1.807) is 0 Å². The van der Waals surface area contributed by atoms with E-state index in [4.69, 9.17) is 3.07 Å². The number of hydrogen-bond acceptors (Lipinski definition) is 2. The third kappa shape index (κ3) is 7.38. The largest absolute Gasteiger partial charge is 0.314 e. The molecule has 0 heterocycles. The first-order valence-corrected chi connectivity index (χ1v) is 3.72. The van der Waals surface area contributed by atoms with Crippen LogP contribution in [0.3, 0.4) is 0 Å². The summed E-state index contributed by atoms with van der Waals surface area (Å²) in [5.41, 5.74) is 0. The predicted octanol–water partition coefficient (Wildman–Crippen LogP) is 1.63. The fourth-order valence-electron chi connectivity index (χ4n) is 0.160. The van der Waals surface area contributed by atoms with Crippen LogP contribution in [0.2, 0.25) is 0 Å². The van der Waals surface area contributed by atoms with Crippen molar-refractivity contribution in [1.29, 1.82) is 0 Å². The Balaban J connectivity index is 2.68. The average Bonchev–Trinajstić information content (AvgIpc) is 1.61. The number of likely N-dealkylation sites (N-methyl/N-ethyl adjacent to an activating group) is 1. The second-order valence-electron chi connectivity index (χ2n) is 1.14. The van der Waals surface area contributed by atoms with Crippen LogP contribution in [0.5, 0.6) is 0 Å². The molecule has 4 heteroatoms. The van der Waals surface area contributed by atoms with Crippen LogP contribution in [0.25, 0.3) is 0 Å². The highest BCUT2D eigenvalue weighted by Gasteiger charge is 1.86. The van der Waals surface area contributed by atoms with E-state index in [1.165, 1.54) is 0 Å². The van der Waals surface area contributed by atoms with Crippen molar-refractivity contribution in [3.8, 4) is 0 Å². The number of halogens is 2. The zero-order chi connectivity index (χ0) is 5.70. The zero-order valence-corrected chi connectivity index (χ0v) is 8.34. The Morgan fingerprint density at radius 2 is 2.29 bits per heavy atom. The summed E-state index contributed by atoms with van der Waals surface area (Å²) in [5.74, 6) is 0. The summed E-state index contributed by atoms with van der Waals surface area (Å²) in [4.78, 5) is 0. The topological polar surface area (TPSA) is 12.5 Å². The summed E-state index contributed by atoms with van der Waals surface area (Å²) in [7, 11) is 2.01. The molecule has 0 aliphatic rings. The zero-order valence-electron chi connectivity index (χ0n) is 4.03. The van der Waals surface area contributed by atoms with Crippen LogP contribution in [0.15, 0.2) is 0 Å². The van der Waals surface area contributed by atoms with Gasteiger partial charge in [-0.3, -0.25) is 0 Å². The molecule has 0 saturated heterocycles. The van der Waals surface area contributed by atoms with Crippen LogP contribution in [-0.4, -0.2) is 23.3 Å². The molecule has 0 spiro atoms. The van der Waals surface area contributed by atoms with Crippen molar-refractivity contribution in [2.45, 2.75) is 0 Å². The van der Waals surface area contributed by atoms with E-state index in [0.29, 0.717) is 0 Å². The molecule has 7 heavy (non-hydrogen) atoms. The van der Waals surface area contributed by atoms with Gasteiger partial charge in [-0.15, -0.1) is 0 Å². The molecule has 0 fully saturated rings. The molecular formula is C3H7I2NO. The Hall–Kier alpha value is 1.38. The van der Waals surface area contributed by atoms with Crippen molar-refractivity contribution in [2.75, 3.05) is 20.2 Å². The molecule has 0 aromatic rings. The minimum atomic E-state index is 0.806. The number of nitrogens with zero attached hydrogens (tertiary/aromatic N) is 1. The van der Waals surface area contributed by atoms with Gasteiger partial charge in [0.05, 0.1) is 6.61 Å². The monoisotopic (exact) mass is 327 g/mol. The lowest BCUT2D eigenvalue weighted by atomic mass is 10.7. The van der Waals surface area contributed by atoms with E-state index in [1.807, 2.05) is 30.1 Å². The predicted molar refractivity (Wildman–Crippen MR) is 46.6 cm³/mol. The van der Waals surface area contributed by atoms with Gasteiger partial charge in [0, 0.05) is 29.4 Å². The molecule has 0 aromatic carbocycles. The molecule has 0 rings (SSSR count). The van der Waals surface area contributed by atoms with E-state index in [2.05, 4.69) is 26.0 Å². The minimum absolute atomic E-state index is 0.806. The van der Waals surface area contributed by atoms with Crippen molar-refractivity contribution in [2.24, 2.45) is 0 Å². The summed E-state index contributed by atoms with van der Waals surface area (Å²) in [6.45, 7) is 1.80. The molecule has 44 valence electrons. The van der Waals surface area contributed by atoms with E-state index >= 15 is 0 Å². The third-order valence-corrected chi connectivity index (χ3v) is 1.40. The number of rotatable bonds is 3. The first kappa shape index (κ1) is 8.38. The number of hydrogen-bond donors (Lipinski definition) is 0. The highest BCUT2D eigenvalue weighted by molar-refractivity contribution is 14.1. The first-order valence-electron chi connectivity index (χ1n) is 1.88. The summed E-state index contributed by atoms with van der Waals surface area (Å²) >= 11 is 4.11. The van der Waals surface area contributed by atoms with Crippen molar-refractivity contribution < 1.29 is 3.07 Å². The molecule has 0 aliphatic heterocycles. The quantitative estimate of drug-likeness (QED) is 0.577. The van der Waals surface area contributed by atoms with E-state index in [0.717, 1.165) is 13.2 Å². The van der Waals surface area contributed by atoms with Crippen LogP contribution < -0.4 is 0 Å². The highest BCUT2D eigenvalue weighted by atomic mass is 127. The second-order valence-corrected chi connectivity index (χ2v) is 3.41. The molecule has 0 atom stereocenters. The molecule has 0 bridgehead atoms. The summed E-state index contributed by atoms with van der Waals surface area (Å²) in [6, 6.07) is 0. The van der Waals surface area contributed by atoms with Gasteiger partial charge in [0.1, 0.15) is 23.0 Å². The Kier molecular flexibility index (Phi) is 6.60. The van der Waals surface area contributed by atoms with Gasteiger partial charge >= 0.3 is 0 Å². The average molecular weight is 327 g/mol. The molecule has 0 amide bonds. The van der Waals surface area contributed by atoms with Gasteiger partial charge in [0.25, 0.3) is 0 Å². The van der Waals surface area contributed by atoms with E-state index in [-0.39, 0.29) is 0 Å². The van der Waals surface area contributed by atoms with Crippen LogP contribution in [0.4, 0.5) is 0 Å². The van der Waals surface area contributed by atoms with Gasteiger partial charge in [0.2, 0.25) is 0 Å². The van der Waals surface area contributed by atoms with Gasteiger partial charge in [-0.2, -0.15) is 0 Å². The minimum Gasteiger partial charge on any atom is -0.314 e. The molecule has 0 radical (unpaired) electrons. The van der Waals surface area contributed by atoms with Gasteiger partial charge in [-0.05, 0) is 7.05 Å². The summed E-state index contributed by atoms with van der Waals surface area (Å²) in [6.07, 6.45) is 0. The standard InChI is InChI=1S/C3H7I2NO/c1-6(4)2-3-7-5/h2-3H2,1H3. The van der Waals surface area contributed by atoms with Gasteiger partial charge in [-0.25, -0.2) is 3.11 Å². The van der Waals surface area contributed by atoms with Crippen LogP contribution in [-0.2, 0) is 3.07 Å². The normalized spacial score (nSPS) is 10.3. The van der Waals surface area contributed by atoms with Crippen molar-refractivity contribution in [1.82, 2.24) is 3.11 Å². The second kappa shape index (κ2) is 5.52. The maximum Gasteiger partial charge on any atom is 0.109 e. The van der Waals surface area contributed by atoms with Gasteiger partial charge < -0.3 is 3.07 Å². The maximum atomic E-state index is 4.78. The van der Waals surface area contributed by atoms with Crippen LogP contribution >= 0.6 is 45.9 Å². The van der Waals surface area contributed by atoms with E-state index in [9.17, 15) is 0 Å². The van der Waals surface area contributed by atoms with Crippen molar-refractivity contribution in [3.63, 3.8) is 0 Å². The molecular weight excluding hydrogens is 320 g/mol. The first-order chi connectivity index (χ1) is 3.27. The summed E-state index contributed by atoms with van der Waals surface area (Å²) in [5, 5.41) is 0. The maximum absolute atomic E-state index is 4.78. The van der Waals surface area contributed by atoms with Gasteiger partial charge in [-0.1, -0.05) is 0 Å². The van der Waals surface area contributed by atoms with Crippen LogP contribution in [0.1, 0.15) is 0 Å². The Morgan fingerprint density at radius 3 is 2.43 bits per heavy atom. The lowest BCUT2D eigenvalue weighted by molar-refractivity contribution is 0.389. The lowest BCUT2D eigenvalue weighted by Gasteiger charge is -2.02. The smallest absolute Gasteiger partial charge is 0.109 e. The fourth-order valence-corrected chi connectivity index (χ4v) is 0.554. The fraction of sp³-hybridized carbons (Fsp3) is 1.00. The molecule has 0 aromatic heterocycles. The molecule has 0 N–H and O–H groups in total. The van der Waals surface area contributed by atoms with Crippen LogP contribution in [0, 0.1) is 0 Å². The lowest BCUT2D eigenvalue weighted by Crippen LogP contribution is -2.09. The highest BCUT2D eigenvalue weighted by Crippen LogP contribution is 1.92. The van der Waals surface area contributed by atoms with Gasteiger partial charge in [0.15, 0.2) is 0 Å². The Morgan fingerprint density at radius 1 is 1.71 bits per heavy atom. The molecule has 2 nitrogen and oxygen atoms in total. The Labute approximate surface area is 71.8 Å². The van der Waals surface area contributed by atoms with E-state index < -0.39 is 0 Å². The third-order valence-electron chi connectivity index (χ3n) is 0.477. The molecule has 0 saturated carbocycles. The summed E-state index contributed by atoms with van der Waals surface area (Å²) < 4.78 is 6.83. The van der Waals surface area contributed by atoms with Crippen molar-refractivity contribution in [3.05, 3.63) is 0 Å².